The minimum Gasteiger partial charge on any atom is -0.380 e. The Morgan fingerprint density at radius 2 is 2.25 bits per heavy atom. The van der Waals surface area contributed by atoms with Gasteiger partial charge < -0.3 is 9.53 Å². The normalized spacial score (nSPS) is 30.2. The van der Waals surface area contributed by atoms with Gasteiger partial charge in [-0.15, -0.1) is 0 Å². The topological polar surface area (TPSA) is 29.5 Å². The van der Waals surface area contributed by atoms with Gasteiger partial charge in [0.15, 0.2) is 0 Å². The molecule has 1 aliphatic heterocycles. The molecule has 0 bridgehead atoms. The van der Waals surface area contributed by atoms with Crippen LogP contribution in [0.1, 0.15) is 33.1 Å². The van der Waals surface area contributed by atoms with E-state index in [-0.39, 0.29) is 5.41 Å². The molecule has 1 unspecified atom stereocenters. The molecule has 3 heteroatoms. The van der Waals surface area contributed by atoms with Crippen molar-refractivity contribution in [2.24, 2.45) is 11.3 Å². The highest BCUT2D eigenvalue weighted by Gasteiger charge is 2.40. The smallest absolute Gasteiger partial charge is 0.129 e. The van der Waals surface area contributed by atoms with Gasteiger partial charge in [-0.3, -0.25) is 4.90 Å². The van der Waals surface area contributed by atoms with Crippen molar-refractivity contribution in [2.45, 2.75) is 39.2 Å². The van der Waals surface area contributed by atoms with Crippen LogP contribution in [-0.4, -0.2) is 43.5 Å². The number of hydrogen-bond acceptors (Lipinski definition) is 3. The van der Waals surface area contributed by atoms with Gasteiger partial charge >= 0.3 is 0 Å². The highest BCUT2D eigenvalue weighted by Crippen LogP contribution is 2.34. The fraction of sp³-hybridized carbons (Fsp3) is 0.923. The lowest BCUT2D eigenvalue weighted by Crippen LogP contribution is -2.42. The molecule has 1 saturated carbocycles. The number of rotatable bonds is 6. The lowest BCUT2D eigenvalue weighted by molar-refractivity contribution is -0.117. The van der Waals surface area contributed by atoms with Crippen LogP contribution in [0.5, 0.6) is 0 Å². The molecule has 2 rings (SSSR count). The second-order valence-corrected chi connectivity index (χ2v) is 5.84. The van der Waals surface area contributed by atoms with Gasteiger partial charge in [-0.05, 0) is 25.2 Å². The second kappa shape index (κ2) is 4.84. The summed E-state index contributed by atoms with van der Waals surface area (Å²) < 4.78 is 5.40. The first-order valence-corrected chi connectivity index (χ1v) is 6.43. The third-order valence-electron chi connectivity index (χ3n) is 3.56. The summed E-state index contributed by atoms with van der Waals surface area (Å²) in [6.07, 6.45) is 4.65. The monoisotopic (exact) mass is 225 g/mol. The molecular weight excluding hydrogens is 202 g/mol. The van der Waals surface area contributed by atoms with E-state index in [1.165, 1.54) is 12.8 Å². The quantitative estimate of drug-likeness (QED) is 0.645. The Kier molecular flexibility index (Phi) is 3.65. The van der Waals surface area contributed by atoms with E-state index in [2.05, 4.69) is 18.7 Å². The molecule has 0 amide bonds. The van der Waals surface area contributed by atoms with Crippen molar-refractivity contribution in [3.63, 3.8) is 0 Å². The maximum Gasteiger partial charge on any atom is 0.129 e. The lowest BCUT2D eigenvalue weighted by atomic mass is 9.88. The summed E-state index contributed by atoms with van der Waals surface area (Å²) in [5.41, 5.74) is -0.211. The molecule has 1 heterocycles. The Labute approximate surface area is 98.1 Å². The van der Waals surface area contributed by atoms with Gasteiger partial charge in [-0.2, -0.15) is 0 Å². The van der Waals surface area contributed by atoms with Gasteiger partial charge in [0.1, 0.15) is 6.29 Å². The molecular formula is C13H23NO2. The van der Waals surface area contributed by atoms with Crippen molar-refractivity contribution in [3.8, 4) is 0 Å². The second-order valence-electron chi connectivity index (χ2n) is 5.84. The molecule has 92 valence electrons. The molecule has 0 spiro atoms. The minimum absolute atomic E-state index is 0.211. The van der Waals surface area contributed by atoms with E-state index in [1.54, 1.807) is 0 Å². The highest BCUT2D eigenvalue weighted by atomic mass is 16.5. The van der Waals surface area contributed by atoms with Crippen molar-refractivity contribution < 1.29 is 9.53 Å². The van der Waals surface area contributed by atoms with Crippen LogP contribution in [0.4, 0.5) is 0 Å². The molecule has 0 radical (unpaired) electrons. The van der Waals surface area contributed by atoms with Gasteiger partial charge in [0.05, 0.1) is 12.0 Å². The van der Waals surface area contributed by atoms with Crippen LogP contribution in [0.25, 0.3) is 0 Å². The van der Waals surface area contributed by atoms with Crippen LogP contribution in [0, 0.1) is 11.3 Å². The predicted octanol–water partition coefficient (Wildman–Crippen LogP) is 1.71. The fourth-order valence-corrected chi connectivity index (χ4v) is 2.53. The molecule has 16 heavy (non-hydrogen) atoms. The fourth-order valence-electron chi connectivity index (χ4n) is 2.53. The number of carbonyl (C=O) groups excluding carboxylic acids is 1. The van der Waals surface area contributed by atoms with Crippen LogP contribution in [0.15, 0.2) is 0 Å². The Balaban J connectivity index is 1.95. The molecule has 1 saturated heterocycles. The van der Waals surface area contributed by atoms with Crippen LogP contribution >= 0.6 is 0 Å². The van der Waals surface area contributed by atoms with Gasteiger partial charge in [0.25, 0.3) is 0 Å². The van der Waals surface area contributed by atoms with E-state index < -0.39 is 0 Å². The van der Waals surface area contributed by atoms with Gasteiger partial charge in [-0.1, -0.05) is 13.8 Å². The van der Waals surface area contributed by atoms with E-state index in [1.807, 2.05) is 0 Å². The first kappa shape index (κ1) is 12.1. The van der Waals surface area contributed by atoms with Crippen molar-refractivity contribution in [3.05, 3.63) is 0 Å². The molecule has 2 aliphatic rings. The maximum atomic E-state index is 11.3. The van der Waals surface area contributed by atoms with Crippen molar-refractivity contribution in [1.82, 2.24) is 4.90 Å². The third-order valence-corrected chi connectivity index (χ3v) is 3.56. The van der Waals surface area contributed by atoms with Crippen molar-refractivity contribution in [1.29, 1.82) is 0 Å². The average Bonchev–Trinajstić information content (AvgIpc) is 2.99. The number of aldehydes is 1. The summed E-state index contributed by atoms with van der Waals surface area (Å²) in [6, 6.07) is 0.736. The Morgan fingerprint density at radius 3 is 2.69 bits per heavy atom. The van der Waals surface area contributed by atoms with E-state index in [9.17, 15) is 4.79 Å². The first-order valence-electron chi connectivity index (χ1n) is 6.43. The Morgan fingerprint density at radius 1 is 1.50 bits per heavy atom. The molecule has 1 aliphatic carbocycles. The summed E-state index contributed by atoms with van der Waals surface area (Å²) in [6.45, 7) is 7.87. The Bertz CT molecular complexity index is 242. The predicted molar refractivity (Wildman–Crippen MR) is 63.4 cm³/mol. The lowest BCUT2D eigenvalue weighted by Gasteiger charge is -2.31. The van der Waals surface area contributed by atoms with Crippen molar-refractivity contribution >= 4 is 6.29 Å². The maximum absolute atomic E-state index is 11.3. The summed E-state index contributed by atoms with van der Waals surface area (Å²) in [4.78, 5) is 13.8. The molecule has 0 aromatic heterocycles. The minimum atomic E-state index is -0.211. The van der Waals surface area contributed by atoms with E-state index in [0.29, 0.717) is 12.5 Å². The number of ether oxygens (including phenoxy) is 1. The highest BCUT2D eigenvalue weighted by molar-refractivity contribution is 5.60. The summed E-state index contributed by atoms with van der Waals surface area (Å²) in [5.74, 6) is 0.673. The zero-order chi connectivity index (χ0) is 11.6. The third kappa shape index (κ3) is 2.83. The average molecular weight is 225 g/mol. The standard InChI is InChI=1S/C13H23NO2/c1-11(2)7-14(12-3-4-12)8-13(9-15)5-6-16-10-13/h9,11-12H,3-8,10H2,1-2H3. The number of nitrogens with zero attached hydrogens (tertiary/aromatic N) is 1. The van der Waals surface area contributed by atoms with Crippen LogP contribution in [0.3, 0.4) is 0 Å². The zero-order valence-electron chi connectivity index (χ0n) is 10.4. The Hall–Kier alpha value is -0.410. The molecule has 2 fully saturated rings. The number of hydrogen-bond donors (Lipinski definition) is 0. The van der Waals surface area contributed by atoms with E-state index in [0.717, 1.165) is 38.4 Å². The largest absolute Gasteiger partial charge is 0.380 e. The molecule has 0 aromatic carbocycles. The first-order chi connectivity index (χ1) is 7.65. The van der Waals surface area contributed by atoms with Crippen LogP contribution in [-0.2, 0) is 9.53 Å². The van der Waals surface area contributed by atoms with E-state index >= 15 is 0 Å². The molecule has 0 N–H and O–H groups in total. The SMILES string of the molecule is CC(C)CN(CC1(C=O)CCOC1)C1CC1. The molecule has 3 nitrogen and oxygen atoms in total. The summed E-state index contributed by atoms with van der Waals surface area (Å²) >= 11 is 0. The van der Waals surface area contributed by atoms with Gasteiger partial charge in [0.2, 0.25) is 0 Å². The van der Waals surface area contributed by atoms with Crippen LogP contribution < -0.4 is 0 Å². The van der Waals surface area contributed by atoms with E-state index in [4.69, 9.17) is 4.74 Å². The zero-order valence-corrected chi connectivity index (χ0v) is 10.4. The molecule has 0 aromatic rings. The summed E-state index contributed by atoms with van der Waals surface area (Å²) in [7, 11) is 0. The summed E-state index contributed by atoms with van der Waals surface area (Å²) in [5, 5.41) is 0. The number of carbonyl (C=O) groups is 1. The van der Waals surface area contributed by atoms with Gasteiger partial charge in [0, 0.05) is 25.7 Å². The molecule has 1 atom stereocenters. The van der Waals surface area contributed by atoms with Gasteiger partial charge in [-0.25, -0.2) is 0 Å². The van der Waals surface area contributed by atoms with Crippen molar-refractivity contribution in [2.75, 3.05) is 26.3 Å². The van der Waals surface area contributed by atoms with Crippen LogP contribution in [0.2, 0.25) is 0 Å².